The molecule has 5 nitrogen and oxygen atoms in total. The highest BCUT2D eigenvalue weighted by molar-refractivity contribution is 7.99. The van der Waals surface area contributed by atoms with Crippen LogP contribution in [0.5, 0.6) is 0 Å². The van der Waals surface area contributed by atoms with Crippen LogP contribution >= 0.6 is 23.4 Å². The lowest BCUT2D eigenvalue weighted by Gasteiger charge is -2.08. The first-order chi connectivity index (χ1) is 10.2. The zero-order valence-corrected chi connectivity index (χ0v) is 13.7. The van der Waals surface area contributed by atoms with Crippen LogP contribution in [0.2, 0.25) is 5.02 Å². The molecule has 0 bridgehead atoms. The van der Waals surface area contributed by atoms with Crippen molar-refractivity contribution in [3.05, 3.63) is 39.3 Å². The van der Waals surface area contributed by atoms with Gasteiger partial charge < -0.3 is 5.32 Å². The van der Waals surface area contributed by atoms with Gasteiger partial charge in [0.15, 0.2) is 5.16 Å². The van der Waals surface area contributed by atoms with Crippen molar-refractivity contribution >= 4 is 23.4 Å². The van der Waals surface area contributed by atoms with Crippen molar-refractivity contribution in [1.82, 2.24) is 20.1 Å². The zero-order valence-electron chi connectivity index (χ0n) is 12.1. The van der Waals surface area contributed by atoms with E-state index in [-0.39, 0.29) is 5.69 Å². The number of hydrogen-bond acceptors (Lipinski definition) is 4. The van der Waals surface area contributed by atoms with Gasteiger partial charge in [0.1, 0.15) is 0 Å². The Morgan fingerprint density at radius 1 is 1.43 bits per heavy atom. The fourth-order valence-electron chi connectivity index (χ4n) is 1.91. The summed E-state index contributed by atoms with van der Waals surface area (Å²) in [5, 5.41) is 11.1. The van der Waals surface area contributed by atoms with Crippen molar-refractivity contribution in [3.63, 3.8) is 0 Å². The fourth-order valence-corrected chi connectivity index (χ4v) is 3.09. The number of nitrogens with zero attached hydrogens (tertiary/aromatic N) is 2. The summed E-state index contributed by atoms with van der Waals surface area (Å²) in [6.07, 6.45) is 0.877. The summed E-state index contributed by atoms with van der Waals surface area (Å²) in [5.41, 5.74) is 0.957. The normalized spacial score (nSPS) is 11.0. The van der Waals surface area contributed by atoms with Crippen molar-refractivity contribution in [2.75, 3.05) is 6.54 Å². The molecule has 0 saturated carbocycles. The monoisotopic (exact) mass is 326 g/mol. The number of aromatic amines is 1. The van der Waals surface area contributed by atoms with E-state index in [2.05, 4.69) is 22.4 Å². The molecule has 0 spiro atoms. The minimum atomic E-state index is -0.181. The SMILES string of the molecule is CCCn1c(Sc2ccc(CNCC)cc2Cl)n[nH]c1=O. The molecule has 0 aliphatic rings. The van der Waals surface area contributed by atoms with E-state index in [1.807, 2.05) is 25.1 Å². The van der Waals surface area contributed by atoms with Crippen molar-refractivity contribution in [3.8, 4) is 0 Å². The maximum Gasteiger partial charge on any atom is 0.343 e. The predicted octanol–water partition coefficient (Wildman–Crippen LogP) is 2.90. The molecule has 2 aromatic rings. The van der Waals surface area contributed by atoms with E-state index in [0.717, 1.165) is 30.0 Å². The van der Waals surface area contributed by atoms with E-state index in [9.17, 15) is 4.79 Å². The highest BCUT2D eigenvalue weighted by Crippen LogP contribution is 2.32. The standard InChI is InChI=1S/C14H19ClN4OS/c1-3-7-19-13(20)17-18-14(19)21-12-6-5-10(8-11(12)15)9-16-4-2/h5-6,8,16H,3-4,7,9H2,1-2H3,(H,17,20). The predicted molar refractivity (Wildman–Crippen MR) is 86.1 cm³/mol. The number of benzene rings is 1. The van der Waals surface area contributed by atoms with Gasteiger partial charge in [-0.05, 0) is 42.4 Å². The van der Waals surface area contributed by atoms with Crippen LogP contribution in [0.15, 0.2) is 33.0 Å². The molecule has 1 aromatic heterocycles. The van der Waals surface area contributed by atoms with Gasteiger partial charge in [0.2, 0.25) is 0 Å². The van der Waals surface area contributed by atoms with Gasteiger partial charge in [0.05, 0.1) is 5.02 Å². The molecule has 21 heavy (non-hydrogen) atoms. The Hall–Kier alpha value is -1.24. The molecule has 1 heterocycles. The number of aromatic nitrogens is 3. The van der Waals surface area contributed by atoms with Gasteiger partial charge in [-0.1, -0.05) is 31.5 Å². The minimum absolute atomic E-state index is 0.181. The largest absolute Gasteiger partial charge is 0.343 e. The topological polar surface area (TPSA) is 62.7 Å². The Balaban J connectivity index is 2.18. The van der Waals surface area contributed by atoms with E-state index in [1.54, 1.807) is 4.57 Å². The summed E-state index contributed by atoms with van der Waals surface area (Å²) in [6, 6.07) is 5.95. The van der Waals surface area contributed by atoms with Gasteiger partial charge in [0.25, 0.3) is 0 Å². The first-order valence-corrected chi connectivity index (χ1v) is 8.17. The number of rotatable bonds is 7. The molecule has 0 fully saturated rings. The lowest BCUT2D eigenvalue weighted by atomic mass is 10.2. The fraction of sp³-hybridized carbons (Fsp3) is 0.429. The van der Waals surface area contributed by atoms with Crippen LogP contribution in [-0.4, -0.2) is 21.3 Å². The Labute approximate surface area is 133 Å². The summed E-state index contributed by atoms with van der Waals surface area (Å²) >= 11 is 7.72. The molecule has 1 aromatic carbocycles. The van der Waals surface area contributed by atoms with Crippen molar-refractivity contribution in [2.24, 2.45) is 0 Å². The summed E-state index contributed by atoms with van der Waals surface area (Å²) in [6.45, 7) is 6.45. The van der Waals surface area contributed by atoms with E-state index < -0.39 is 0 Å². The van der Waals surface area contributed by atoms with Gasteiger partial charge in [-0.25, -0.2) is 9.89 Å². The van der Waals surface area contributed by atoms with Gasteiger partial charge >= 0.3 is 5.69 Å². The Morgan fingerprint density at radius 3 is 2.90 bits per heavy atom. The van der Waals surface area contributed by atoms with Crippen LogP contribution in [0.1, 0.15) is 25.8 Å². The van der Waals surface area contributed by atoms with Crippen LogP contribution < -0.4 is 11.0 Å². The molecule has 0 radical (unpaired) electrons. The summed E-state index contributed by atoms with van der Waals surface area (Å²) < 4.78 is 1.63. The summed E-state index contributed by atoms with van der Waals surface area (Å²) in [5.74, 6) is 0. The number of halogens is 1. The average Bonchev–Trinajstić information content (AvgIpc) is 2.81. The minimum Gasteiger partial charge on any atom is -0.313 e. The molecule has 0 amide bonds. The van der Waals surface area contributed by atoms with Gasteiger partial charge in [-0.3, -0.25) is 4.57 Å². The Bertz CT molecular complexity index is 653. The quantitative estimate of drug-likeness (QED) is 0.821. The van der Waals surface area contributed by atoms with Gasteiger partial charge in [-0.15, -0.1) is 5.10 Å². The van der Waals surface area contributed by atoms with Crippen molar-refractivity contribution in [2.45, 2.75) is 43.4 Å². The molecular formula is C14H19ClN4OS. The van der Waals surface area contributed by atoms with Crippen LogP contribution in [0.25, 0.3) is 0 Å². The molecule has 2 rings (SSSR count). The Morgan fingerprint density at radius 2 is 2.24 bits per heavy atom. The molecule has 114 valence electrons. The third-order valence-electron chi connectivity index (χ3n) is 2.95. The second-order valence-corrected chi connectivity index (χ2v) is 6.03. The van der Waals surface area contributed by atoms with Crippen LogP contribution in [-0.2, 0) is 13.1 Å². The average molecular weight is 327 g/mol. The lowest BCUT2D eigenvalue weighted by Crippen LogP contribution is -2.17. The second kappa shape index (κ2) is 7.68. The van der Waals surface area contributed by atoms with Gasteiger partial charge in [0, 0.05) is 18.0 Å². The van der Waals surface area contributed by atoms with E-state index in [0.29, 0.717) is 16.7 Å². The van der Waals surface area contributed by atoms with Crippen molar-refractivity contribution in [1.29, 1.82) is 0 Å². The molecule has 0 saturated heterocycles. The highest BCUT2D eigenvalue weighted by atomic mass is 35.5. The van der Waals surface area contributed by atoms with Crippen LogP contribution in [0, 0.1) is 0 Å². The number of nitrogens with one attached hydrogen (secondary N) is 2. The van der Waals surface area contributed by atoms with Crippen LogP contribution in [0.4, 0.5) is 0 Å². The van der Waals surface area contributed by atoms with E-state index in [4.69, 9.17) is 11.6 Å². The zero-order chi connectivity index (χ0) is 15.2. The Kier molecular flexibility index (Phi) is 5.90. The lowest BCUT2D eigenvalue weighted by molar-refractivity contribution is 0.604. The maximum absolute atomic E-state index is 11.7. The highest BCUT2D eigenvalue weighted by Gasteiger charge is 2.11. The molecule has 0 atom stereocenters. The smallest absolute Gasteiger partial charge is 0.313 e. The molecular weight excluding hydrogens is 308 g/mol. The van der Waals surface area contributed by atoms with E-state index in [1.165, 1.54) is 11.8 Å². The maximum atomic E-state index is 11.7. The second-order valence-electron chi connectivity index (χ2n) is 4.61. The van der Waals surface area contributed by atoms with Gasteiger partial charge in [-0.2, -0.15) is 0 Å². The third-order valence-corrected chi connectivity index (χ3v) is 4.44. The number of hydrogen-bond donors (Lipinski definition) is 2. The van der Waals surface area contributed by atoms with Crippen LogP contribution in [0.3, 0.4) is 0 Å². The summed E-state index contributed by atoms with van der Waals surface area (Å²) in [7, 11) is 0. The molecule has 0 aliphatic heterocycles. The molecule has 0 aliphatic carbocycles. The molecule has 2 N–H and O–H groups in total. The van der Waals surface area contributed by atoms with E-state index >= 15 is 0 Å². The molecule has 7 heteroatoms. The first kappa shape index (κ1) is 16.1. The summed E-state index contributed by atoms with van der Waals surface area (Å²) in [4.78, 5) is 12.6. The number of H-pyrrole nitrogens is 1. The molecule has 0 unspecified atom stereocenters. The van der Waals surface area contributed by atoms with Crippen molar-refractivity contribution < 1.29 is 0 Å². The third kappa shape index (κ3) is 4.12. The first-order valence-electron chi connectivity index (χ1n) is 6.97.